The molecule has 2 heterocycles. The van der Waals surface area contributed by atoms with Gasteiger partial charge >= 0.3 is 6.03 Å². The van der Waals surface area contributed by atoms with Gasteiger partial charge < -0.3 is 9.73 Å². The molecule has 0 bridgehead atoms. The van der Waals surface area contributed by atoms with Crippen LogP contribution in [0.1, 0.15) is 5.76 Å². The van der Waals surface area contributed by atoms with Crippen LogP contribution in [0.4, 0.5) is 10.5 Å². The number of nitrogens with zero attached hydrogens (tertiary/aromatic N) is 2. The van der Waals surface area contributed by atoms with Gasteiger partial charge in [-0.3, -0.25) is 19.8 Å². The van der Waals surface area contributed by atoms with Crippen LogP contribution in [0.25, 0.3) is 17.4 Å². The molecule has 116 valence electrons. The largest absolute Gasteiger partial charge is 0.457 e. The number of benzene rings is 1. The number of carbonyl (C=O) groups excluding carboxylic acids is 2. The normalized spacial score (nSPS) is 16.0. The Morgan fingerprint density at radius 2 is 2.04 bits per heavy atom. The fourth-order valence-electron chi connectivity index (χ4n) is 2.12. The lowest BCUT2D eigenvalue weighted by molar-refractivity contribution is -0.384. The summed E-state index contributed by atoms with van der Waals surface area (Å²) in [5, 5.41) is 13.2. The number of hydrogen-bond acceptors (Lipinski definition) is 5. The maximum absolute atomic E-state index is 11.8. The highest BCUT2D eigenvalue weighted by Crippen LogP contribution is 2.26. The minimum Gasteiger partial charge on any atom is -0.457 e. The van der Waals surface area contributed by atoms with E-state index in [1.807, 2.05) is 0 Å². The Balaban J connectivity index is 1.90. The molecule has 23 heavy (non-hydrogen) atoms. The Kier molecular flexibility index (Phi) is 3.41. The summed E-state index contributed by atoms with van der Waals surface area (Å²) in [7, 11) is 1.37. The summed E-state index contributed by atoms with van der Waals surface area (Å²) < 4.78 is 5.56. The first-order valence-electron chi connectivity index (χ1n) is 6.61. The Morgan fingerprint density at radius 3 is 2.70 bits per heavy atom. The van der Waals surface area contributed by atoms with Crippen LogP contribution >= 0.6 is 0 Å². The molecule has 1 saturated heterocycles. The molecular weight excluding hydrogens is 302 g/mol. The van der Waals surface area contributed by atoms with Crippen molar-refractivity contribution in [1.29, 1.82) is 0 Å². The average Bonchev–Trinajstić information content (AvgIpc) is 3.09. The number of nitro groups is 1. The lowest BCUT2D eigenvalue weighted by Crippen LogP contribution is -2.25. The van der Waals surface area contributed by atoms with Gasteiger partial charge in [-0.15, -0.1) is 0 Å². The predicted octanol–water partition coefficient (Wildman–Crippen LogP) is 2.38. The smallest absolute Gasteiger partial charge is 0.328 e. The van der Waals surface area contributed by atoms with Gasteiger partial charge in [-0.2, -0.15) is 0 Å². The predicted molar refractivity (Wildman–Crippen MR) is 80.1 cm³/mol. The van der Waals surface area contributed by atoms with Crippen molar-refractivity contribution in [2.75, 3.05) is 7.05 Å². The van der Waals surface area contributed by atoms with E-state index < -0.39 is 16.9 Å². The third-order valence-electron chi connectivity index (χ3n) is 3.34. The quantitative estimate of drug-likeness (QED) is 0.405. The Hall–Kier alpha value is -3.42. The van der Waals surface area contributed by atoms with Crippen LogP contribution in [0, 0.1) is 10.1 Å². The molecular formula is C15H11N3O5. The van der Waals surface area contributed by atoms with Crippen molar-refractivity contribution < 1.29 is 18.9 Å². The van der Waals surface area contributed by atoms with E-state index in [1.54, 1.807) is 24.3 Å². The molecule has 2 aromatic rings. The van der Waals surface area contributed by atoms with Gasteiger partial charge in [-0.05, 0) is 12.1 Å². The monoisotopic (exact) mass is 313 g/mol. The first-order valence-corrected chi connectivity index (χ1v) is 6.61. The molecule has 0 spiro atoms. The van der Waals surface area contributed by atoms with Crippen molar-refractivity contribution in [3.63, 3.8) is 0 Å². The summed E-state index contributed by atoms with van der Waals surface area (Å²) in [6, 6.07) is 8.76. The number of nitrogens with one attached hydrogen (secondary N) is 1. The topological polar surface area (TPSA) is 106 Å². The number of likely N-dealkylation sites (N-methyl/N-ethyl adjacent to an activating group) is 1. The van der Waals surface area contributed by atoms with Crippen LogP contribution in [0.3, 0.4) is 0 Å². The zero-order chi connectivity index (χ0) is 16.6. The average molecular weight is 313 g/mol. The van der Waals surface area contributed by atoms with Crippen LogP contribution < -0.4 is 5.32 Å². The molecule has 0 aliphatic carbocycles. The van der Waals surface area contributed by atoms with Crippen molar-refractivity contribution in [3.05, 3.63) is 58.0 Å². The van der Waals surface area contributed by atoms with Gasteiger partial charge in [0.2, 0.25) is 0 Å². The van der Waals surface area contributed by atoms with Crippen molar-refractivity contribution in [3.8, 4) is 11.3 Å². The molecule has 1 aromatic heterocycles. The minimum absolute atomic E-state index is 0.0429. The second-order valence-corrected chi connectivity index (χ2v) is 4.86. The van der Waals surface area contributed by atoms with E-state index in [9.17, 15) is 19.7 Å². The minimum atomic E-state index is -0.508. The van der Waals surface area contributed by atoms with Gasteiger partial charge in [-0.1, -0.05) is 12.1 Å². The fourth-order valence-corrected chi connectivity index (χ4v) is 2.12. The zero-order valence-electron chi connectivity index (χ0n) is 12.0. The van der Waals surface area contributed by atoms with Gasteiger partial charge in [0.15, 0.2) is 0 Å². The van der Waals surface area contributed by atoms with Crippen LogP contribution in [-0.2, 0) is 4.79 Å². The van der Waals surface area contributed by atoms with Crippen LogP contribution in [-0.4, -0.2) is 28.8 Å². The molecule has 1 aliphatic rings. The van der Waals surface area contributed by atoms with E-state index in [2.05, 4.69) is 5.32 Å². The van der Waals surface area contributed by atoms with Crippen molar-refractivity contribution >= 4 is 23.7 Å². The summed E-state index contributed by atoms with van der Waals surface area (Å²) in [6.45, 7) is 0. The molecule has 1 N–H and O–H groups in total. The summed E-state index contributed by atoms with van der Waals surface area (Å²) >= 11 is 0. The molecule has 0 saturated carbocycles. The van der Waals surface area contributed by atoms with Crippen molar-refractivity contribution in [2.45, 2.75) is 0 Å². The highest BCUT2D eigenvalue weighted by atomic mass is 16.6. The Labute approximate surface area is 130 Å². The van der Waals surface area contributed by atoms with E-state index in [-0.39, 0.29) is 11.4 Å². The molecule has 1 aromatic carbocycles. The van der Waals surface area contributed by atoms with Crippen LogP contribution in [0.2, 0.25) is 0 Å². The highest BCUT2D eigenvalue weighted by molar-refractivity contribution is 6.13. The van der Waals surface area contributed by atoms with E-state index in [0.29, 0.717) is 17.1 Å². The number of rotatable bonds is 3. The molecule has 3 amide bonds. The molecule has 3 rings (SSSR count). The number of amides is 3. The SMILES string of the molecule is CN1C(=O)N/C(=C/c2ccc(-c3cccc([N+](=O)[O-])c3)o2)C1=O. The van der Waals surface area contributed by atoms with Gasteiger partial charge in [0.05, 0.1) is 4.92 Å². The van der Waals surface area contributed by atoms with E-state index in [0.717, 1.165) is 4.90 Å². The van der Waals surface area contributed by atoms with Gasteiger partial charge in [-0.25, -0.2) is 4.79 Å². The fraction of sp³-hybridized carbons (Fsp3) is 0.0667. The maximum atomic E-state index is 11.8. The van der Waals surface area contributed by atoms with Gasteiger partial charge in [0.25, 0.3) is 11.6 Å². The Morgan fingerprint density at radius 1 is 1.26 bits per heavy atom. The molecule has 1 fully saturated rings. The van der Waals surface area contributed by atoms with Crippen molar-refractivity contribution in [2.24, 2.45) is 0 Å². The molecule has 0 unspecified atom stereocenters. The highest BCUT2D eigenvalue weighted by Gasteiger charge is 2.30. The molecule has 0 radical (unpaired) electrons. The second kappa shape index (κ2) is 5.41. The maximum Gasteiger partial charge on any atom is 0.328 e. The molecule has 1 aliphatic heterocycles. The molecule has 0 atom stereocenters. The third kappa shape index (κ3) is 2.69. The number of imide groups is 1. The summed E-state index contributed by atoms with van der Waals surface area (Å²) in [5.74, 6) is 0.319. The molecule has 8 nitrogen and oxygen atoms in total. The molecule has 8 heteroatoms. The first kappa shape index (κ1) is 14.5. The second-order valence-electron chi connectivity index (χ2n) is 4.86. The first-order chi connectivity index (χ1) is 11.0. The van der Waals surface area contributed by atoms with Crippen LogP contribution in [0.15, 0.2) is 46.5 Å². The van der Waals surface area contributed by atoms with Crippen LogP contribution in [0.5, 0.6) is 0 Å². The Bertz CT molecular complexity index is 852. The van der Waals surface area contributed by atoms with E-state index in [1.165, 1.54) is 25.3 Å². The lowest BCUT2D eigenvalue weighted by Gasteiger charge is -1.99. The number of furan rings is 1. The summed E-state index contributed by atoms with van der Waals surface area (Å²) in [5.41, 5.74) is 0.610. The van der Waals surface area contributed by atoms with E-state index in [4.69, 9.17) is 4.42 Å². The van der Waals surface area contributed by atoms with Gasteiger partial charge in [0.1, 0.15) is 17.2 Å². The lowest BCUT2D eigenvalue weighted by atomic mass is 10.1. The van der Waals surface area contributed by atoms with E-state index >= 15 is 0 Å². The van der Waals surface area contributed by atoms with Gasteiger partial charge in [0, 0.05) is 30.8 Å². The number of non-ortho nitro benzene ring substituents is 1. The number of hydrogen-bond donors (Lipinski definition) is 1. The van der Waals surface area contributed by atoms with Crippen molar-refractivity contribution in [1.82, 2.24) is 10.2 Å². The number of carbonyl (C=O) groups is 2. The third-order valence-corrected chi connectivity index (χ3v) is 3.34. The number of nitro benzene ring substituents is 1. The number of urea groups is 1. The summed E-state index contributed by atoms with van der Waals surface area (Å²) in [6.07, 6.45) is 1.41. The summed E-state index contributed by atoms with van der Waals surface area (Å²) in [4.78, 5) is 34.4. The standard InChI is InChI=1S/C15H11N3O5/c1-17-14(19)12(16-15(17)20)8-11-5-6-13(23-11)9-3-2-4-10(7-9)18(21)22/h2-8H,1H3,(H,16,20)/b12-8+. The zero-order valence-corrected chi connectivity index (χ0v) is 12.0.